The zero-order chi connectivity index (χ0) is 18.1. The second kappa shape index (κ2) is 10.4. The van der Waals surface area contributed by atoms with Crippen LogP contribution in [0, 0.1) is 5.82 Å². The molecule has 1 aliphatic heterocycles. The van der Waals surface area contributed by atoms with Crippen molar-refractivity contribution in [3.8, 4) is 0 Å². The van der Waals surface area contributed by atoms with Gasteiger partial charge in [0, 0.05) is 32.7 Å². The van der Waals surface area contributed by atoms with Crippen molar-refractivity contribution in [2.45, 2.75) is 45.9 Å². The maximum Gasteiger partial charge on any atom is 0.191 e. The zero-order valence-electron chi connectivity index (χ0n) is 15.6. The van der Waals surface area contributed by atoms with Gasteiger partial charge in [-0.2, -0.15) is 0 Å². The van der Waals surface area contributed by atoms with Gasteiger partial charge in [0.15, 0.2) is 5.96 Å². The molecule has 1 aromatic carbocycles. The molecule has 5 nitrogen and oxygen atoms in total. The van der Waals surface area contributed by atoms with Gasteiger partial charge < -0.3 is 15.4 Å². The average molecular weight is 350 g/mol. The van der Waals surface area contributed by atoms with Crippen LogP contribution in [0.1, 0.15) is 32.8 Å². The van der Waals surface area contributed by atoms with Gasteiger partial charge in [0.25, 0.3) is 0 Å². The smallest absolute Gasteiger partial charge is 0.191 e. The van der Waals surface area contributed by atoms with E-state index in [9.17, 15) is 4.39 Å². The maximum atomic E-state index is 13.2. The lowest BCUT2D eigenvalue weighted by atomic mass is 10.2. The minimum Gasteiger partial charge on any atom is -0.373 e. The molecular formula is C19H31FN4O. The van der Waals surface area contributed by atoms with Crippen molar-refractivity contribution in [2.75, 3.05) is 32.7 Å². The average Bonchev–Trinajstić information content (AvgIpc) is 2.55. The highest BCUT2D eigenvalue weighted by molar-refractivity contribution is 5.79. The molecule has 0 bridgehead atoms. The van der Waals surface area contributed by atoms with E-state index in [0.29, 0.717) is 18.8 Å². The van der Waals surface area contributed by atoms with Gasteiger partial charge in [-0.25, -0.2) is 9.38 Å². The second-order valence-corrected chi connectivity index (χ2v) is 6.62. The molecule has 6 heteroatoms. The lowest BCUT2D eigenvalue weighted by Gasteiger charge is -2.35. The molecule has 25 heavy (non-hydrogen) atoms. The second-order valence-electron chi connectivity index (χ2n) is 6.62. The first kappa shape index (κ1) is 19.7. The van der Waals surface area contributed by atoms with Crippen molar-refractivity contribution in [1.29, 1.82) is 0 Å². The normalized spacial score (nSPS) is 22.0. The van der Waals surface area contributed by atoms with E-state index < -0.39 is 0 Å². The molecule has 0 spiro atoms. The Kier molecular flexibility index (Phi) is 8.15. The van der Waals surface area contributed by atoms with E-state index in [4.69, 9.17) is 4.74 Å². The lowest BCUT2D eigenvalue weighted by molar-refractivity contribution is -0.0679. The molecule has 2 N–H and O–H groups in total. The number of aliphatic imine (C=N–C) groups is 1. The van der Waals surface area contributed by atoms with Crippen molar-refractivity contribution < 1.29 is 9.13 Å². The summed E-state index contributed by atoms with van der Waals surface area (Å²) in [5.74, 6) is 0.551. The number of benzene rings is 1. The molecule has 1 aliphatic rings. The molecular weight excluding hydrogens is 319 g/mol. The molecule has 0 aliphatic carbocycles. The fourth-order valence-electron chi connectivity index (χ4n) is 3.12. The standard InChI is InChI=1S/C19H31FN4O/c1-4-21-19(23-12-17-7-5-8-18(20)11-17)22-9-6-10-24-13-15(2)25-16(3)14-24/h5,7-8,11,15-16H,4,6,9-10,12-14H2,1-3H3,(H2,21,22,23). The van der Waals surface area contributed by atoms with Crippen LogP contribution in [0.3, 0.4) is 0 Å². The summed E-state index contributed by atoms with van der Waals surface area (Å²) in [6.07, 6.45) is 1.66. The van der Waals surface area contributed by atoms with Gasteiger partial charge in [-0.15, -0.1) is 0 Å². The van der Waals surface area contributed by atoms with E-state index in [1.807, 2.05) is 13.0 Å². The van der Waals surface area contributed by atoms with Crippen molar-refractivity contribution in [3.05, 3.63) is 35.6 Å². The third-order valence-electron chi connectivity index (χ3n) is 4.09. The first-order chi connectivity index (χ1) is 12.1. The minimum atomic E-state index is -0.223. The number of halogens is 1. The summed E-state index contributed by atoms with van der Waals surface area (Å²) in [4.78, 5) is 6.98. The van der Waals surface area contributed by atoms with Crippen LogP contribution in [-0.2, 0) is 11.3 Å². The fourth-order valence-corrected chi connectivity index (χ4v) is 3.12. The maximum absolute atomic E-state index is 13.2. The molecule has 2 rings (SSSR count). The summed E-state index contributed by atoms with van der Waals surface area (Å²) in [6, 6.07) is 6.57. The zero-order valence-corrected chi connectivity index (χ0v) is 15.6. The van der Waals surface area contributed by atoms with Gasteiger partial charge in [-0.1, -0.05) is 12.1 Å². The predicted molar refractivity (Wildman–Crippen MR) is 100 cm³/mol. The Morgan fingerprint density at radius 1 is 1.28 bits per heavy atom. The van der Waals surface area contributed by atoms with Crippen LogP contribution in [0.4, 0.5) is 4.39 Å². The van der Waals surface area contributed by atoms with Crippen molar-refractivity contribution in [3.63, 3.8) is 0 Å². The molecule has 1 aromatic rings. The summed E-state index contributed by atoms with van der Waals surface area (Å²) in [5.41, 5.74) is 0.869. The van der Waals surface area contributed by atoms with Crippen LogP contribution in [0.2, 0.25) is 0 Å². The number of morpholine rings is 1. The Morgan fingerprint density at radius 2 is 2.04 bits per heavy atom. The van der Waals surface area contributed by atoms with Gasteiger partial charge in [0.05, 0.1) is 18.8 Å². The molecule has 140 valence electrons. The van der Waals surface area contributed by atoms with Crippen LogP contribution >= 0.6 is 0 Å². The van der Waals surface area contributed by atoms with Crippen LogP contribution < -0.4 is 10.6 Å². The van der Waals surface area contributed by atoms with E-state index in [2.05, 4.69) is 34.4 Å². The lowest BCUT2D eigenvalue weighted by Crippen LogP contribution is -2.46. The fraction of sp³-hybridized carbons (Fsp3) is 0.632. The molecule has 1 saturated heterocycles. The van der Waals surface area contributed by atoms with Gasteiger partial charge in [-0.3, -0.25) is 4.90 Å². The van der Waals surface area contributed by atoms with Gasteiger partial charge in [-0.05, 0) is 44.9 Å². The molecule has 0 amide bonds. The Labute approximate surface area is 150 Å². The quantitative estimate of drug-likeness (QED) is 0.450. The van der Waals surface area contributed by atoms with Crippen LogP contribution in [0.5, 0.6) is 0 Å². The first-order valence-electron chi connectivity index (χ1n) is 9.21. The third kappa shape index (κ3) is 7.40. The Bertz CT molecular complexity index is 542. The number of nitrogens with zero attached hydrogens (tertiary/aromatic N) is 2. The van der Waals surface area contributed by atoms with E-state index in [1.165, 1.54) is 12.1 Å². The van der Waals surface area contributed by atoms with Crippen LogP contribution in [0.25, 0.3) is 0 Å². The van der Waals surface area contributed by atoms with Crippen LogP contribution in [0.15, 0.2) is 29.3 Å². The highest BCUT2D eigenvalue weighted by Gasteiger charge is 2.21. The van der Waals surface area contributed by atoms with Gasteiger partial charge in [0.2, 0.25) is 0 Å². The highest BCUT2D eigenvalue weighted by Crippen LogP contribution is 2.10. The summed E-state index contributed by atoms with van der Waals surface area (Å²) >= 11 is 0. The Balaban J connectivity index is 1.74. The predicted octanol–water partition coefficient (Wildman–Crippen LogP) is 2.38. The van der Waals surface area contributed by atoms with Crippen molar-refractivity contribution in [1.82, 2.24) is 15.5 Å². The number of nitrogens with one attached hydrogen (secondary N) is 2. The van der Waals surface area contributed by atoms with E-state index in [1.54, 1.807) is 6.07 Å². The van der Waals surface area contributed by atoms with Crippen molar-refractivity contribution >= 4 is 5.96 Å². The van der Waals surface area contributed by atoms with Crippen molar-refractivity contribution in [2.24, 2.45) is 4.99 Å². The van der Waals surface area contributed by atoms with Crippen LogP contribution in [-0.4, -0.2) is 55.8 Å². The van der Waals surface area contributed by atoms with Gasteiger partial charge >= 0.3 is 0 Å². The number of ether oxygens (including phenoxy) is 1. The summed E-state index contributed by atoms with van der Waals surface area (Å²) in [7, 11) is 0. The number of hydrogen-bond acceptors (Lipinski definition) is 3. The van der Waals surface area contributed by atoms with E-state index in [0.717, 1.165) is 50.7 Å². The molecule has 0 saturated carbocycles. The molecule has 2 unspecified atom stereocenters. The molecule has 0 aromatic heterocycles. The third-order valence-corrected chi connectivity index (χ3v) is 4.09. The van der Waals surface area contributed by atoms with E-state index >= 15 is 0 Å². The van der Waals surface area contributed by atoms with E-state index in [-0.39, 0.29) is 5.82 Å². The number of hydrogen-bond donors (Lipinski definition) is 2. The summed E-state index contributed by atoms with van der Waals surface area (Å²) < 4.78 is 19.0. The highest BCUT2D eigenvalue weighted by atomic mass is 19.1. The Morgan fingerprint density at radius 3 is 2.72 bits per heavy atom. The molecule has 0 radical (unpaired) electrons. The molecule has 2 atom stereocenters. The minimum absolute atomic E-state index is 0.223. The monoisotopic (exact) mass is 350 g/mol. The number of guanidine groups is 1. The van der Waals surface area contributed by atoms with Gasteiger partial charge in [0.1, 0.15) is 5.82 Å². The SMILES string of the molecule is CCNC(=NCc1cccc(F)c1)NCCCN1CC(C)OC(C)C1. The summed E-state index contributed by atoms with van der Waals surface area (Å²) in [6.45, 7) is 11.5. The summed E-state index contributed by atoms with van der Waals surface area (Å²) in [5, 5.41) is 6.59. The Hall–Kier alpha value is -1.66. The number of rotatable bonds is 7. The largest absolute Gasteiger partial charge is 0.373 e. The first-order valence-corrected chi connectivity index (χ1v) is 9.21. The molecule has 1 fully saturated rings. The topological polar surface area (TPSA) is 48.9 Å². The molecule has 1 heterocycles.